The summed E-state index contributed by atoms with van der Waals surface area (Å²) in [6.45, 7) is 4.72. The largest absolute Gasteiger partial charge is 0.0850 e. The summed E-state index contributed by atoms with van der Waals surface area (Å²) in [5.74, 6) is 2.89. The van der Waals surface area contributed by atoms with E-state index in [0.717, 1.165) is 17.8 Å². The number of hydrogen-bond donors (Lipinski definition) is 0. The fourth-order valence-electron chi connectivity index (χ4n) is 3.32. The van der Waals surface area contributed by atoms with Crippen molar-refractivity contribution in [3.63, 3.8) is 0 Å². The standard InChI is InChI=1S/C14H24/c1-11(2)9-12-7-8-13-5-3-4-6-14(13)10-12/h6,11-13H,3-5,7-10H2,1-2H3. The molecule has 0 spiro atoms. The van der Waals surface area contributed by atoms with Gasteiger partial charge in [-0.2, -0.15) is 0 Å². The van der Waals surface area contributed by atoms with Gasteiger partial charge < -0.3 is 0 Å². The molecule has 2 rings (SSSR count). The fraction of sp³-hybridized carbons (Fsp3) is 0.857. The van der Waals surface area contributed by atoms with E-state index in [9.17, 15) is 0 Å². The van der Waals surface area contributed by atoms with Crippen molar-refractivity contribution in [2.45, 2.75) is 58.8 Å². The van der Waals surface area contributed by atoms with Crippen molar-refractivity contribution in [2.75, 3.05) is 0 Å². The Labute approximate surface area is 88.8 Å². The lowest BCUT2D eigenvalue weighted by Crippen LogP contribution is -2.20. The van der Waals surface area contributed by atoms with Crippen LogP contribution in [0.3, 0.4) is 0 Å². The highest BCUT2D eigenvalue weighted by Crippen LogP contribution is 2.41. The third-order valence-corrected chi connectivity index (χ3v) is 3.94. The van der Waals surface area contributed by atoms with Gasteiger partial charge in [0.15, 0.2) is 0 Å². The summed E-state index contributed by atoms with van der Waals surface area (Å²) in [6, 6.07) is 0. The molecule has 1 fully saturated rings. The molecule has 0 aromatic heterocycles. The molecule has 0 radical (unpaired) electrons. The molecule has 2 unspecified atom stereocenters. The van der Waals surface area contributed by atoms with E-state index >= 15 is 0 Å². The van der Waals surface area contributed by atoms with Crippen LogP contribution in [-0.2, 0) is 0 Å². The van der Waals surface area contributed by atoms with Crippen LogP contribution < -0.4 is 0 Å². The number of fused-ring (bicyclic) bond motifs is 1. The monoisotopic (exact) mass is 192 g/mol. The Bertz CT molecular complexity index is 212. The Morgan fingerprint density at radius 1 is 1.29 bits per heavy atom. The predicted molar refractivity (Wildman–Crippen MR) is 62.2 cm³/mol. The summed E-state index contributed by atoms with van der Waals surface area (Å²) in [7, 11) is 0. The molecule has 0 aliphatic heterocycles. The minimum absolute atomic E-state index is 0.890. The Morgan fingerprint density at radius 2 is 2.14 bits per heavy atom. The molecule has 0 saturated heterocycles. The summed E-state index contributed by atoms with van der Waals surface area (Å²) in [5.41, 5.74) is 1.83. The van der Waals surface area contributed by atoms with E-state index in [0.29, 0.717) is 0 Å². The molecule has 2 atom stereocenters. The van der Waals surface area contributed by atoms with Crippen molar-refractivity contribution < 1.29 is 0 Å². The van der Waals surface area contributed by atoms with Gasteiger partial charge in [-0.05, 0) is 62.7 Å². The molecule has 0 bridgehead atoms. The van der Waals surface area contributed by atoms with Gasteiger partial charge in [-0.15, -0.1) is 0 Å². The van der Waals surface area contributed by atoms with E-state index in [1.165, 1.54) is 44.9 Å². The molecule has 2 aliphatic rings. The predicted octanol–water partition coefficient (Wildman–Crippen LogP) is 4.56. The van der Waals surface area contributed by atoms with Crippen LogP contribution in [0, 0.1) is 17.8 Å². The second-order valence-electron chi connectivity index (χ2n) is 5.68. The van der Waals surface area contributed by atoms with Crippen molar-refractivity contribution >= 4 is 0 Å². The molecule has 0 heteroatoms. The van der Waals surface area contributed by atoms with Gasteiger partial charge >= 0.3 is 0 Å². The molecule has 1 saturated carbocycles. The lowest BCUT2D eigenvalue weighted by Gasteiger charge is -2.34. The SMILES string of the molecule is CC(C)CC1CCC2CCCC=C2C1. The summed E-state index contributed by atoms with van der Waals surface area (Å²) < 4.78 is 0. The van der Waals surface area contributed by atoms with Gasteiger partial charge in [0, 0.05) is 0 Å². The van der Waals surface area contributed by atoms with Crippen LogP contribution in [0.25, 0.3) is 0 Å². The third-order valence-electron chi connectivity index (χ3n) is 3.94. The quantitative estimate of drug-likeness (QED) is 0.563. The van der Waals surface area contributed by atoms with Crippen LogP contribution in [-0.4, -0.2) is 0 Å². The zero-order chi connectivity index (χ0) is 9.97. The molecule has 0 aromatic rings. The molecule has 80 valence electrons. The van der Waals surface area contributed by atoms with E-state index in [2.05, 4.69) is 19.9 Å². The van der Waals surface area contributed by atoms with Gasteiger partial charge in [0.25, 0.3) is 0 Å². The van der Waals surface area contributed by atoms with Crippen LogP contribution in [0.4, 0.5) is 0 Å². The van der Waals surface area contributed by atoms with Crippen molar-refractivity contribution in [2.24, 2.45) is 17.8 Å². The van der Waals surface area contributed by atoms with E-state index in [1.54, 1.807) is 0 Å². The second-order valence-corrected chi connectivity index (χ2v) is 5.68. The maximum absolute atomic E-state index is 2.56. The molecular weight excluding hydrogens is 168 g/mol. The molecule has 2 aliphatic carbocycles. The van der Waals surface area contributed by atoms with Crippen LogP contribution >= 0.6 is 0 Å². The lowest BCUT2D eigenvalue weighted by molar-refractivity contribution is 0.286. The first-order chi connectivity index (χ1) is 6.75. The maximum atomic E-state index is 2.56. The van der Waals surface area contributed by atoms with E-state index in [4.69, 9.17) is 0 Å². The Hall–Kier alpha value is -0.260. The lowest BCUT2D eigenvalue weighted by atomic mass is 9.71. The molecule has 0 amide bonds. The highest BCUT2D eigenvalue weighted by molar-refractivity contribution is 5.13. The average Bonchev–Trinajstić information content (AvgIpc) is 2.17. The first kappa shape index (κ1) is 10.3. The normalized spacial score (nSPS) is 32.6. The first-order valence-corrected chi connectivity index (χ1v) is 6.44. The highest BCUT2D eigenvalue weighted by atomic mass is 14.3. The van der Waals surface area contributed by atoms with Gasteiger partial charge in [-0.25, -0.2) is 0 Å². The molecular formula is C14H24. The van der Waals surface area contributed by atoms with Crippen LogP contribution in [0.1, 0.15) is 58.8 Å². The molecule has 0 aromatic carbocycles. The van der Waals surface area contributed by atoms with Crippen molar-refractivity contribution in [1.29, 1.82) is 0 Å². The van der Waals surface area contributed by atoms with Crippen LogP contribution in [0.2, 0.25) is 0 Å². The second kappa shape index (κ2) is 4.51. The van der Waals surface area contributed by atoms with Crippen LogP contribution in [0.5, 0.6) is 0 Å². The molecule has 0 heterocycles. The molecule has 0 nitrogen and oxygen atoms in total. The Balaban J connectivity index is 1.92. The molecule has 14 heavy (non-hydrogen) atoms. The third kappa shape index (κ3) is 2.40. The summed E-state index contributed by atoms with van der Waals surface area (Å²) in [5, 5.41) is 0. The van der Waals surface area contributed by atoms with E-state index < -0.39 is 0 Å². The van der Waals surface area contributed by atoms with E-state index in [1.807, 2.05) is 5.57 Å². The number of rotatable bonds is 2. The smallest absolute Gasteiger partial charge is 0.0203 e. The van der Waals surface area contributed by atoms with Crippen molar-refractivity contribution in [3.8, 4) is 0 Å². The minimum Gasteiger partial charge on any atom is -0.0850 e. The van der Waals surface area contributed by atoms with Crippen molar-refractivity contribution in [3.05, 3.63) is 11.6 Å². The first-order valence-electron chi connectivity index (χ1n) is 6.44. The number of allylic oxidation sites excluding steroid dienone is 2. The van der Waals surface area contributed by atoms with Gasteiger partial charge in [0.1, 0.15) is 0 Å². The van der Waals surface area contributed by atoms with Crippen LogP contribution in [0.15, 0.2) is 11.6 Å². The van der Waals surface area contributed by atoms with Gasteiger partial charge in [-0.3, -0.25) is 0 Å². The number of hydrogen-bond acceptors (Lipinski definition) is 0. The topological polar surface area (TPSA) is 0 Å². The molecule has 0 N–H and O–H groups in total. The minimum atomic E-state index is 0.890. The zero-order valence-electron chi connectivity index (χ0n) is 9.76. The Morgan fingerprint density at radius 3 is 2.93 bits per heavy atom. The average molecular weight is 192 g/mol. The van der Waals surface area contributed by atoms with Crippen molar-refractivity contribution in [1.82, 2.24) is 0 Å². The van der Waals surface area contributed by atoms with E-state index in [-0.39, 0.29) is 0 Å². The zero-order valence-corrected chi connectivity index (χ0v) is 9.76. The summed E-state index contributed by atoms with van der Waals surface area (Å²) in [4.78, 5) is 0. The Kier molecular flexibility index (Phi) is 3.30. The summed E-state index contributed by atoms with van der Waals surface area (Å²) in [6.07, 6.45) is 12.7. The van der Waals surface area contributed by atoms with Gasteiger partial charge in [0.05, 0.1) is 0 Å². The maximum Gasteiger partial charge on any atom is -0.0203 e. The highest BCUT2D eigenvalue weighted by Gasteiger charge is 2.26. The van der Waals surface area contributed by atoms with Gasteiger partial charge in [0.2, 0.25) is 0 Å². The van der Waals surface area contributed by atoms with Gasteiger partial charge in [-0.1, -0.05) is 25.5 Å². The fourth-order valence-corrected chi connectivity index (χ4v) is 3.32. The summed E-state index contributed by atoms with van der Waals surface area (Å²) >= 11 is 0.